The molecule has 0 aromatic carbocycles. The lowest BCUT2D eigenvalue weighted by molar-refractivity contribution is 1.52. The number of hydrogen-bond donors (Lipinski definition) is 0. The lowest BCUT2D eigenvalue weighted by Crippen LogP contribution is -1.72. The molecule has 1 aromatic rings. The van der Waals surface area contributed by atoms with Crippen molar-refractivity contribution in [3.8, 4) is 6.07 Å². The van der Waals surface area contributed by atoms with Crippen molar-refractivity contribution in [2.45, 2.75) is 6.92 Å². The van der Waals surface area contributed by atoms with Crippen LogP contribution in [-0.2, 0) is 0 Å². The van der Waals surface area contributed by atoms with Crippen LogP contribution in [0, 0.1) is 11.3 Å². The first kappa shape index (κ1) is 7.04. The Morgan fingerprint density at radius 3 is 3.00 bits per heavy atom. The van der Waals surface area contributed by atoms with E-state index >= 15 is 0 Å². The van der Waals surface area contributed by atoms with Gasteiger partial charge in [-0.1, -0.05) is 6.08 Å². The first-order chi connectivity index (χ1) is 4.88. The van der Waals surface area contributed by atoms with Gasteiger partial charge in [-0.15, -0.1) is 0 Å². The predicted octanol–water partition coefficient (Wildman–Crippen LogP) is 2.67. The van der Waals surface area contributed by atoms with Crippen LogP contribution in [0.1, 0.15) is 12.5 Å². The number of thiophene rings is 1. The van der Waals surface area contributed by atoms with Crippen LogP contribution in [0.5, 0.6) is 0 Å². The van der Waals surface area contributed by atoms with Crippen molar-refractivity contribution in [3.63, 3.8) is 0 Å². The molecule has 0 aliphatic rings. The molecule has 0 unspecified atom stereocenters. The molecule has 50 valence electrons. The van der Waals surface area contributed by atoms with Gasteiger partial charge in [0.2, 0.25) is 0 Å². The molecule has 0 N–H and O–H groups in total. The Bertz CT molecular complexity index is 264. The average molecular weight is 149 g/mol. The molecule has 0 bridgehead atoms. The van der Waals surface area contributed by atoms with Crippen LogP contribution < -0.4 is 0 Å². The normalized spacial score (nSPS) is 11.0. The van der Waals surface area contributed by atoms with E-state index in [2.05, 4.69) is 6.07 Å². The van der Waals surface area contributed by atoms with Gasteiger partial charge in [-0.3, -0.25) is 0 Å². The molecule has 0 radical (unpaired) electrons. The second-order valence-electron chi connectivity index (χ2n) is 1.83. The molecule has 0 fully saturated rings. The van der Waals surface area contributed by atoms with Crippen molar-refractivity contribution in [3.05, 3.63) is 28.5 Å². The summed E-state index contributed by atoms with van der Waals surface area (Å²) in [6.07, 6.45) is 1.82. The third-order valence-corrected chi connectivity index (χ3v) is 1.92. The Morgan fingerprint density at radius 1 is 1.80 bits per heavy atom. The Hall–Kier alpha value is -1.07. The van der Waals surface area contributed by atoms with Gasteiger partial charge in [0, 0.05) is 5.56 Å². The minimum atomic E-state index is 0.751. The van der Waals surface area contributed by atoms with Gasteiger partial charge in [-0.05, 0) is 23.8 Å². The van der Waals surface area contributed by atoms with Crippen molar-refractivity contribution >= 4 is 16.9 Å². The van der Waals surface area contributed by atoms with Crippen molar-refractivity contribution in [1.82, 2.24) is 0 Å². The molecule has 0 aliphatic carbocycles. The van der Waals surface area contributed by atoms with Crippen molar-refractivity contribution in [1.29, 1.82) is 5.26 Å². The molecule has 0 amide bonds. The van der Waals surface area contributed by atoms with Gasteiger partial charge in [-0.2, -0.15) is 16.6 Å². The molecule has 0 saturated carbocycles. The molecule has 1 aromatic heterocycles. The lowest BCUT2D eigenvalue weighted by Gasteiger charge is -1.87. The van der Waals surface area contributed by atoms with Crippen LogP contribution in [0.25, 0.3) is 5.57 Å². The van der Waals surface area contributed by atoms with Crippen LogP contribution in [0.2, 0.25) is 0 Å². The van der Waals surface area contributed by atoms with Gasteiger partial charge in [-0.25, -0.2) is 0 Å². The molecule has 0 spiro atoms. The molecule has 1 heterocycles. The van der Waals surface area contributed by atoms with Crippen LogP contribution in [0.4, 0.5) is 0 Å². The molecule has 1 nitrogen and oxygen atoms in total. The van der Waals surface area contributed by atoms with E-state index in [9.17, 15) is 0 Å². The summed E-state index contributed by atoms with van der Waals surface area (Å²) in [4.78, 5) is 0. The summed E-state index contributed by atoms with van der Waals surface area (Å²) in [7, 11) is 0. The van der Waals surface area contributed by atoms with Gasteiger partial charge in [0.05, 0.1) is 11.6 Å². The molecule has 0 aliphatic heterocycles. The Balaban J connectivity index is 2.99. The number of allylic oxidation sites excluding steroid dienone is 2. The summed E-state index contributed by atoms with van der Waals surface area (Å²) in [6, 6.07) is 4.07. The summed E-state index contributed by atoms with van der Waals surface area (Å²) in [5.41, 5.74) is 1.77. The van der Waals surface area contributed by atoms with E-state index in [1.165, 1.54) is 0 Å². The number of nitriles is 1. The molecule has 2 heteroatoms. The first-order valence-corrected chi connectivity index (χ1v) is 3.91. The molecule has 1 rings (SSSR count). The SMILES string of the molecule is C/C=C(\C#N)c1ccsc1. The van der Waals surface area contributed by atoms with E-state index < -0.39 is 0 Å². The third kappa shape index (κ3) is 1.26. The van der Waals surface area contributed by atoms with E-state index in [4.69, 9.17) is 5.26 Å². The fraction of sp³-hybridized carbons (Fsp3) is 0.125. The van der Waals surface area contributed by atoms with E-state index in [-0.39, 0.29) is 0 Å². The fourth-order valence-electron chi connectivity index (χ4n) is 0.713. The highest BCUT2D eigenvalue weighted by molar-refractivity contribution is 7.08. The minimum absolute atomic E-state index is 0.751. The molecular formula is C8H7NS. The van der Waals surface area contributed by atoms with Crippen molar-refractivity contribution < 1.29 is 0 Å². The van der Waals surface area contributed by atoms with Gasteiger partial charge < -0.3 is 0 Å². The standard InChI is InChI=1S/C8H7NS/c1-2-7(5-9)8-3-4-10-6-8/h2-4,6H,1H3/b7-2+. The monoisotopic (exact) mass is 149 g/mol. The van der Waals surface area contributed by atoms with Crippen molar-refractivity contribution in [2.75, 3.05) is 0 Å². The highest BCUT2D eigenvalue weighted by Gasteiger charge is 1.96. The van der Waals surface area contributed by atoms with Crippen LogP contribution in [0.3, 0.4) is 0 Å². The van der Waals surface area contributed by atoms with Gasteiger partial charge in [0.15, 0.2) is 0 Å². The summed E-state index contributed by atoms with van der Waals surface area (Å²) in [6.45, 7) is 1.87. The van der Waals surface area contributed by atoms with Gasteiger partial charge in [0.1, 0.15) is 0 Å². The Labute approximate surface area is 64.2 Å². The number of nitrogens with zero attached hydrogens (tertiary/aromatic N) is 1. The summed E-state index contributed by atoms with van der Waals surface area (Å²) in [5.74, 6) is 0. The second kappa shape index (κ2) is 3.19. The summed E-state index contributed by atoms with van der Waals surface area (Å²) < 4.78 is 0. The third-order valence-electron chi connectivity index (χ3n) is 1.24. The molecular weight excluding hydrogens is 142 g/mol. The topological polar surface area (TPSA) is 23.8 Å². The molecule has 0 saturated heterocycles. The van der Waals surface area contributed by atoms with E-state index in [1.54, 1.807) is 11.3 Å². The van der Waals surface area contributed by atoms with E-state index in [0.717, 1.165) is 11.1 Å². The predicted molar refractivity (Wildman–Crippen MR) is 43.6 cm³/mol. The van der Waals surface area contributed by atoms with Crippen LogP contribution in [-0.4, -0.2) is 0 Å². The molecule has 10 heavy (non-hydrogen) atoms. The number of rotatable bonds is 1. The highest BCUT2D eigenvalue weighted by Crippen LogP contribution is 2.15. The first-order valence-electron chi connectivity index (χ1n) is 2.97. The Morgan fingerprint density at radius 2 is 2.60 bits per heavy atom. The van der Waals surface area contributed by atoms with E-state index in [0.29, 0.717) is 0 Å². The lowest BCUT2D eigenvalue weighted by atomic mass is 10.1. The molecule has 0 atom stereocenters. The Kier molecular flexibility index (Phi) is 2.24. The van der Waals surface area contributed by atoms with Crippen LogP contribution in [0.15, 0.2) is 22.9 Å². The maximum atomic E-state index is 8.58. The summed E-state index contributed by atoms with van der Waals surface area (Å²) >= 11 is 1.61. The maximum absolute atomic E-state index is 8.58. The zero-order valence-corrected chi connectivity index (χ0v) is 6.48. The van der Waals surface area contributed by atoms with E-state index in [1.807, 2.05) is 29.8 Å². The number of hydrogen-bond acceptors (Lipinski definition) is 2. The average Bonchev–Trinajstić information content (AvgIpc) is 2.43. The van der Waals surface area contributed by atoms with Gasteiger partial charge in [0.25, 0.3) is 0 Å². The van der Waals surface area contributed by atoms with Crippen molar-refractivity contribution in [2.24, 2.45) is 0 Å². The fourth-order valence-corrected chi connectivity index (χ4v) is 1.37. The zero-order valence-electron chi connectivity index (χ0n) is 5.66. The maximum Gasteiger partial charge on any atom is 0.0994 e. The highest BCUT2D eigenvalue weighted by atomic mass is 32.1. The smallest absolute Gasteiger partial charge is 0.0994 e. The van der Waals surface area contributed by atoms with Gasteiger partial charge >= 0.3 is 0 Å². The second-order valence-corrected chi connectivity index (χ2v) is 2.61. The quantitative estimate of drug-likeness (QED) is 0.563. The largest absolute Gasteiger partial charge is 0.192 e. The zero-order chi connectivity index (χ0) is 7.40. The minimum Gasteiger partial charge on any atom is -0.192 e. The summed E-state index contributed by atoms with van der Waals surface area (Å²) in [5, 5.41) is 12.5. The van der Waals surface area contributed by atoms with Crippen LogP contribution >= 0.6 is 11.3 Å².